The highest BCUT2D eigenvalue weighted by molar-refractivity contribution is 5.89. The number of carbonyl (C=O) groups is 1. The van der Waals surface area contributed by atoms with E-state index in [2.05, 4.69) is 9.72 Å². The van der Waals surface area contributed by atoms with Crippen LogP contribution in [0.3, 0.4) is 0 Å². The monoisotopic (exact) mass is 305 g/mol. The Morgan fingerprint density at radius 1 is 1.23 bits per heavy atom. The summed E-state index contributed by atoms with van der Waals surface area (Å²) in [5, 5.41) is 0. The topological polar surface area (TPSA) is 57.7 Å². The standard InChI is InChI=1S/C16H16FNO4/c1-4-22-11-5-6-13(17)12(9-11)10-7-14(16(19)21-3)18-15(8-10)20-2/h5-9H,4H2,1-3H3. The van der Waals surface area contributed by atoms with Gasteiger partial charge < -0.3 is 14.2 Å². The number of hydrogen-bond acceptors (Lipinski definition) is 5. The summed E-state index contributed by atoms with van der Waals surface area (Å²) in [5.74, 6) is -0.331. The first-order valence-electron chi connectivity index (χ1n) is 6.66. The molecule has 0 bridgehead atoms. The molecule has 0 aliphatic rings. The molecule has 22 heavy (non-hydrogen) atoms. The lowest BCUT2D eigenvalue weighted by molar-refractivity contribution is 0.0593. The van der Waals surface area contributed by atoms with E-state index in [0.717, 1.165) is 0 Å². The van der Waals surface area contributed by atoms with Crippen molar-refractivity contribution in [3.05, 3.63) is 41.8 Å². The van der Waals surface area contributed by atoms with Gasteiger partial charge in [0.25, 0.3) is 0 Å². The third-order valence-corrected chi connectivity index (χ3v) is 2.97. The quantitative estimate of drug-likeness (QED) is 0.795. The van der Waals surface area contributed by atoms with Gasteiger partial charge in [0.15, 0.2) is 5.69 Å². The van der Waals surface area contributed by atoms with Crippen molar-refractivity contribution in [2.45, 2.75) is 6.92 Å². The lowest BCUT2D eigenvalue weighted by Gasteiger charge is -2.10. The molecule has 0 atom stereocenters. The van der Waals surface area contributed by atoms with E-state index in [4.69, 9.17) is 9.47 Å². The van der Waals surface area contributed by atoms with Gasteiger partial charge >= 0.3 is 5.97 Å². The highest BCUT2D eigenvalue weighted by Crippen LogP contribution is 2.29. The minimum atomic E-state index is -0.624. The van der Waals surface area contributed by atoms with E-state index in [-0.39, 0.29) is 17.1 Å². The molecule has 0 amide bonds. The maximum atomic E-state index is 14.1. The van der Waals surface area contributed by atoms with Crippen LogP contribution in [-0.2, 0) is 4.74 Å². The normalized spacial score (nSPS) is 10.2. The van der Waals surface area contributed by atoms with Crippen molar-refractivity contribution in [2.75, 3.05) is 20.8 Å². The minimum absolute atomic E-state index is 0.0399. The second kappa shape index (κ2) is 6.89. The maximum Gasteiger partial charge on any atom is 0.356 e. The number of esters is 1. The summed E-state index contributed by atoms with van der Waals surface area (Å²) < 4.78 is 29.2. The summed E-state index contributed by atoms with van der Waals surface area (Å²) in [6.07, 6.45) is 0. The second-order valence-electron chi connectivity index (χ2n) is 4.35. The van der Waals surface area contributed by atoms with Crippen molar-refractivity contribution in [3.8, 4) is 22.8 Å². The summed E-state index contributed by atoms with van der Waals surface area (Å²) in [4.78, 5) is 15.6. The molecule has 1 heterocycles. The lowest BCUT2D eigenvalue weighted by Crippen LogP contribution is -2.06. The zero-order chi connectivity index (χ0) is 16.1. The van der Waals surface area contributed by atoms with E-state index in [1.165, 1.54) is 26.4 Å². The summed E-state index contributed by atoms with van der Waals surface area (Å²) in [6, 6.07) is 7.41. The third kappa shape index (κ3) is 3.33. The first-order chi connectivity index (χ1) is 10.6. The van der Waals surface area contributed by atoms with Crippen molar-refractivity contribution in [1.29, 1.82) is 0 Å². The molecule has 2 aromatic rings. The van der Waals surface area contributed by atoms with Crippen LogP contribution in [0, 0.1) is 5.82 Å². The average molecular weight is 305 g/mol. The molecule has 0 unspecified atom stereocenters. The van der Waals surface area contributed by atoms with E-state index in [0.29, 0.717) is 17.9 Å². The van der Waals surface area contributed by atoms with Crippen LogP contribution in [0.25, 0.3) is 11.1 Å². The maximum absolute atomic E-state index is 14.1. The van der Waals surface area contributed by atoms with Gasteiger partial charge in [-0.25, -0.2) is 14.2 Å². The Balaban J connectivity index is 2.55. The molecule has 1 aromatic carbocycles. The van der Waals surface area contributed by atoms with Crippen molar-refractivity contribution < 1.29 is 23.4 Å². The third-order valence-electron chi connectivity index (χ3n) is 2.97. The summed E-state index contributed by atoms with van der Waals surface area (Å²) in [6.45, 7) is 2.31. The Labute approximate surface area is 127 Å². The molecular formula is C16H16FNO4. The number of methoxy groups -OCH3 is 2. The number of benzene rings is 1. The molecule has 0 aliphatic carbocycles. The number of rotatable bonds is 5. The van der Waals surface area contributed by atoms with Gasteiger partial charge in [-0.15, -0.1) is 0 Å². The summed E-state index contributed by atoms with van der Waals surface area (Å²) >= 11 is 0. The van der Waals surface area contributed by atoms with E-state index in [1.54, 1.807) is 18.2 Å². The van der Waals surface area contributed by atoms with Crippen LogP contribution in [0.4, 0.5) is 4.39 Å². The average Bonchev–Trinajstić information content (AvgIpc) is 2.55. The minimum Gasteiger partial charge on any atom is -0.494 e. The summed E-state index contributed by atoms with van der Waals surface area (Å²) in [5.41, 5.74) is 0.779. The zero-order valence-electron chi connectivity index (χ0n) is 12.6. The molecular weight excluding hydrogens is 289 g/mol. The molecule has 0 N–H and O–H groups in total. The van der Waals surface area contributed by atoms with Crippen molar-refractivity contribution in [2.24, 2.45) is 0 Å². The Morgan fingerprint density at radius 3 is 2.64 bits per heavy atom. The van der Waals surface area contributed by atoms with Gasteiger partial charge in [0.1, 0.15) is 11.6 Å². The Morgan fingerprint density at radius 2 is 2.00 bits per heavy atom. The predicted octanol–water partition coefficient (Wildman–Crippen LogP) is 3.08. The van der Waals surface area contributed by atoms with Crippen LogP contribution in [-0.4, -0.2) is 31.8 Å². The van der Waals surface area contributed by atoms with E-state index in [1.807, 2.05) is 6.92 Å². The van der Waals surface area contributed by atoms with Gasteiger partial charge in [-0.2, -0.15) is 0 Å². The number of hydrogen-bond donors (Lipinski definition) is 0. The molecule has 2 rings (SSSR count). The van der Waals surface area contributed by atoms with Crippen LogP contribution in [0.5, 0.6) is 11.6 Å². The number of pyridine rings is 1. The highest BCUT2D eigenvalue weighted by Gasteiger charge is 2.15. The van der Waals surface area contributed by atoms with Crippen LogP contribution in [0.2, 0.25) is 0 Å². The molecule has 5 nitrogen and oxygen atoms in total. The van der Waals surface area contributed by atoms with Gasteiger partial charge in [-0.3, -0.25) is 0 Å². The number of aromatic nitrogens is 1. The largest absolute Gasteiger partial charge is 0.494 e. The molecule has 0 saturated carbocycles. The summed E-state index contributed by atoms with van der Waals surface area (Å²) in [7, 11) is 2.67. The predicted molar refractivity (Wildman–Crippen MR) is 78.7 cm³/mol. The molecule has 0 saturated heterocycles. The van der Waals surface area contributed by atoms with Crippen molar-refractivity contribution in [1.82, 2.24) is 4.98 Å². The molecule has 0 spiro atoms. The first-order valence-corrected chi connectivity index (χ1v) is 6.66. The molecule has 0 aliphatic heterocycles. The van der Waals surface area contributed by atoms with E-state index >= 15 is 0 Å². The van der Waals surface area contributed by atoms with Gasteiger partial charge in [0.05, 0.1) is 20.8 Å². The van der Waals surface area contributed by atoms with E-state index < -0.39 is 11.8 Å². The Hall–Kier alpha value is -2.63. The Bertz CT molecular complexity index is 688. The van der Waals surface area contributed by atoms with Gasteiger partial charge in [-0.05, 0) is 36.8 Å². The fraction of sp³-hybridized carbons (Fsp3) is 0.250. The lowest BCUT2D eigenvalue weighted by atomic mass is 10.0. The smallest absolute Gasteiger partial charge is 0.356 e. The molecule has 6 heteroatoms. The van der Waals surface area contributed by atoms with Crippen molar-refractivity contribution >= 4 is 5.97 Å². The number of nitrogens with zero attached hydrogens (tertiary/aromatic N) is 1. The van der Waals surface area contributed by atoms with Gasteiger partial charge in [0, 0.05) is 11.6 Å². The number of halogens is 1. The van der Waals surface area contributed by atoms with Gasteiger partial charge in [-0.1, -0.05) is 0 Å². The van der Waals surface area contributed by atoms with Gasteiger partial charge in [0.2, 0.25) is 5.88 Å². The number of ether oxygens (including phenoxy) is 3. The fourth-order valence-electron chi connectivity index (χ4n) is 1.96. The van der Waals surface area contributed by atoms with Crippen LogP contribution in [0.15, 0.2) is 30.3 Å². The molecule has 0 radical (unpaired) electrons. The highest BCUT2D eigenvalue weighted by atomic mass is 19.1. The second-order valence-corrected chi connectivity index (χ2v) is 4.35. The van der Waals surface area contributed by atoms with Crippen LogP contribution < -0.4 is 9.47 Å². The fourth-order valence-corrected chi connectivity index (χ4v) is 1.96. The first kappa shape index (κ1) is 15.8. The van der Waals surface area contributed by atoms with Crippen LogP contribution >= 0.6 is 0 Å². The molecule has 116 valence electrons. The zero-order valence-corrected chi connectivity index (χ0v) is 12.6. The van der Waals surface area contributed by atoms with Crippen LogP contribution in [0.1, 0.15) is 17.4 Å². The Kier molecular flexibility index (Phi) is 4.93. The molecule has 1 aromatic heterocycles. The van der Waals surface area contributed by atoms with E-state index in [9.17, 15) is 9.18 Å². The molecule has 0 fully saturated rings. The number of carbonyl (C=O) groups excluding carboxylic acids is 1. The van der Waals surface area contributed by atoms with Crippen molar-refractivity contribution in [3.63, 3.8) is 0 Å². The SMILES string of the molecule is CCOc1ccc(F)c(-c2cc(OC)nc(C(=O)OC)c2)c1.